The molecular weight excluding hydrogens is 773 g/mol. The molecule has 0 aliphatic heterocycles. The van der Waals surface area contributed by atoms with E-state index in [0.717, 1.165) is 70.5 Å². The van der Waals surface area contributed by atoms with Gasteiger partial charge in [0.25, 0.3) is 11.8 Å². The number of amides is 6. The Morgan fingerprint density at radius 2 is 1.32 bits per heavy atom. The molecule has 57 heavy (non-hydrogen) atoms. The second-order valence-corrected chi connectivity index (χ2v) is 15.3. The van der Waals surface area contributed by atoms with Crippen molar-refractivity contribution in [2.75, 3.05) is 10.6 Å². The quantitative estimate of drug-likeness (QED) is 0.0684. The molecule has 0 spiro atoms. The molecular formula is C39H46N8O8S2. The van der Waals surface area contributed by atoms with Crippen molar-refractivity contribution in [2.45, 2.75) is 69.6 Å². The van der Waals surface area contributed by atoms with Gasteiger partial charge in [0, 0.05) is 9.75 Å². The molecule has 16 nitrogen and oxygen atoms in total. The molecule has 2 aromatic carbocycles. The predicted molar refractivity (Wildman–Crippen MR) is 221 cm³/mol. The topological polar surface area (TPSA) is 312 Å². The van der Waals surface area contributed by atoms with Gasteiger partial charge in [-0.15, -0.1) is 22.7 Å². The highest BCUT2D eigenvalue weighted by Gasteiger charge is 2.23. The first kappa shape index (κ1) is 43.6. The number of carboxylic acid groups (broad SMARTS) is 1. The monoisotopic (exact) mass is 818 g/mol. The van der Waals surface area contributed by atoms with E-state index >= 15 is 0 Å². The van der Waals surface area contributed by atoms with E-state index in [-0.39, 0.29) is 34.6 Å². The number of aliphatic carboxylic acids is 1. The summed E-state index contributed by atoms with van der Waals surface area (Å²) in [5.74, 6) is -2.68. The van der Waals surface area contributed by atoms with Crippen LogP contribution in [0.1, 0.15) is 76.8 Å². The van der Waals surface area contributed by atoms with Gasteiger partial charge in [0.15, 0.2) is 0 Å². The molecule has 302 valence electrons. The summed E-state index contributed by atoms with van der Waals surface area (Å²) in [5.41, 5.74) is 36.5. The SMILES string of the molecule is NC(=O)Nc1sc(-c2cccc(/C=C/C[C@H](N)C(=O)O)c2)cc1C(N)=O.NC(=O)Nc1sc(-c2cccc(CCC[C@H](N)C(=O)OC3CCCC3)c2)cc1C(N)=O. The molecule has 18 heteroatoms. The fourth-order valence-corrected chi connectivity index (χ4v) is 8.00. The number of esters is 1. The molecule has 1 aliphatic carbocycles. The summed E-state index contributed by atoms with van der Waals surface area (Å²) in [4.78, 5) is 69.8. The maximum absolute atomic E-state index is 12.1. The van der Waals surface area contributed by atoms with Crippen molar-refractivity contribution in [2.24, 2.45) is 34.4 Å². The zero-order chi connectivity index (χ0) is 41.6. The second kappa shape index (κ2) is 20.7. The first-order valence-corrected chi connectivity index (χ1v) is 19.6. The normalized spacial score (nSPS) is 13.6. The molecule has 2 atom stereocenters. The Balaban J connectivity index is 0.000000257. The Morgan fingerprint density at radius 3 is 1.84 bits per heavy atom. The van der Waals surface area contributed by atoms with Crippen molar-refractivity contribution >= 4 is 74.6 Å². The van der Waals surface area contributed by atoms with Crippen LogP contribution in [-0.2, 0) is 20.7 Å². The van der Waals surface area contributed by atoms with E-state index in [1.807, 2.05) is 48.5 Å². The smallest absolute Gasteiger partial charge is 0.323 e. The molecule has 0 radical (unpaired) electrons. The van der Waals surface area contributed by atoms with Crippen LogP contribution in [-0.4, -0.2) is 59.1 Å². The van der Waals surface area contributed by atoms with Gasteiger partial charge >= 0.3 is 24.0 Å². The third-order valence-corrected chi connectivity index (χ3v) is 10.9. The van der Waals surface area contributed by atoms with Gasteiger partial charge in [-0.3, -0.25) is 29.8 Å². The number of primary amides is 4. The van der Waals surface area contributed by atoms with Gasteiger partial charge in [-0.1, -0.05) is 54.6 Å². The number of benzene rings is 2. The third kappa shape index (κ3) is 13.3. The summed E-state index contributed by atoms with van der Waals surface area (Å²) in [7, 11) is 0. The molecule has 0 unspecified atom stereocenters. The Labute approximate surface area is 336 Å². The number of aryl methyl sites for hydroxylation is 1. The highest BCUT2D eigenvalue weighted by atomic mass is 32.1. The summed E-state index contributed by atoms with van der Waals surface area (Å²) in [6.07, 6.45) is 9.80. The molecule has 2 heterocycles. The van der Waals surface area contributed by atoms with Crippen molar-refractivity contribution in [3.8, 4) is 20.9 Å². The standard InChI is InChI=1S/C22H28N4O4S.C17H18N4O4S/c23-17(21(28)30-15-8-1-2-9-15)10-4-6-13-5-3-7-14(11-13)18-12-16(19(24)27)20(31-18)26-22(25)29;18-12(16(23)24)6-2-4-9-3-1-5-10(7-9)13-8-11(14(19)22)15(26-13)21-17(20)25/h3,5,7,11-12,15,17H,1-2,4,6,8-10,23H2,(H2,24,27)(H3,25,26,29);1-5,7-8,12H,6,18H2,(H2,19,22)(H,23,24)(H3,20,21,25)/b;4-2+/t17-;12-/m00/s1. The Hall–Kier alpha value is -6.08. The van der Waals surface area contributed by atoms with Gasteiger partial charge in [0.05, 0.1) is 11.1 Å². The molecule has 1 aliphatic rings. The second-order valence-electron chi connectivity index (χ2n) is 13.2. The molecule has 4 aromatic rings. The summed E-state index contributed by atoms with van der Waals surface area (Å²) >= 11 is 2.41. The zero-order valence-corrected chi connectivity index (χ0v) is 32.5. The minimum Gasteiger partial charge on any atom is -0.480 e. The Bertz CT molecular complexity index is 2130. The molecule has 15 N–H and O–H groups in total. The van der Waals surface area contributed by atoms with Gasteiger partial charge in [0.2, 0.25) is 0 Å². The van der Waals surface area contributed by atoms with Crippen LogP contribution >= 0.6 is 22.7 Å². The van der Waals surface area contributed by atoms with Crippen LogP contribution in [0, 0.1) is 0 Å². The van der Waals surface area contributed by atoms with E-state index in [0.29, 0.717) is 11.4 Å². The Kier molecular flexibility index (Phi) is 15.9. The largest absolute Gasteiger partial charge is 0.480 e. The lowest BCUT2D eigenvalue weighted by molar-refractivity contribution is -0.150. The number of ether oxygens (including phenoxy) is 1. The van der Waals surface area contributed by atoms with Gasteiger partial charge in [-0.2, -0.15) is 0 Å². The number of carbonyl (C=O) groups is 6. The van der Waals surface area contributed by atoms with E-state index in [2.05, 4.69) is 10.6 Å². The van der Waals surface area contributed by atoms with E-state index in [4.69, 9.17) is 44.2 Å². The Morgan fingerprint density at radius 1 is 0.772 bits per heavy atom. The van der Waals surface area contributed by atoms with Crippen LogP contribution in [0.15, 0.2) is 66.7 Å². The minimum atomic E-state index is -1.06. The summed E-state index contributed by atoms with van der Waals surface area (Å²) in [6.45, 7) is 0. The summed E-state index contributed by atoms with van der Waals surface area (Å²) < 4.78 is 5.47. The number of urea groups is 2. The van der Waals surface area contributed by atoms with Crippen molar-refractivity contribution in [1.29, 1.82) is 0 Å². The number of carboxylic acids is 1. The van der Waals surface area contributed by atoms with Crippen LogP contribution in [0.4, 0.5) is 19.6 Å². The molecule has 0 bridgehead atoms. The molecule has 2 aromatic heterocycles. The lowest BCUT2D eigenvalue weighted by Gasteiger charge is -2.15. The maximum atomic E-state index is 12.1. The van der Waals surface area contributed by atoms with Crippen LogP contribution < -0.4 is 45.0 Å². The zero-order valence-electron chi connectivity index (χ0n) is 30.9. The molecule has 5 rings (SSSR count). The molecule has 1 saturated carbocycles. The number of hydrogen-bond donors (Lipinski definition) is 9. The number of rotatable bonds is 16. The average molecular weight is 819 g/mol. The fourth-order valence-electron chi connectivity index (χ4n) is 5.87. The lowest BCUT2D eigenvalue weighted by Crippen LogP contribution is -2.34. The first-order valence-electron chi connectivity index (χ1n) is 17.9. The van der Waals surface area contributed by atoms with Gasteiger partial charge in [0.1, 0.15) is 28.2 Å². The van der Waals surface area contributed by atoms with E-state index in [1.165, 1.54) is 22.7 Å². The number of anilines is 2. The van der Waals surface area contributed by atoms with Gasteiger partial charge < -0.3 is 44.2 Å². The number of thiophene rings is 2. The van der Waals surface area contributed by atoms with E-state index < -0.39 is 41.9 Å². The fraction of sp³-hybridized carbons (Fsp3) is 0.282. The van der Waals surface area contributed by atoms with Gasteiger partial charge in [-0.25, -0.2) is 9.59 Å². The van der Waals surface area contributed by atoms with Crippen molar-refractivity contribution in [3.05, 3.63) is 89.0 Å². The summed E-state index contributed by atoms with van der Waals surface area (Å²) in [6, 6.07) is 15.3. The van der Waals surface area contributed by atoms with Crippen molar-refractivity contribution in [3.63, 3.8) is 0 Å². The van der Waals surface area contributed by atoms with Crippen LogP contribution in [0.2, 0.25) is 0 Å². The minimum absolute atomic E-state index is 0.0280. The number of hydrogen-bond acceptors (Lipinski definition) is 11. The maximum Gasteiger partial charge on any atom is 0.323 e. The van der Waals surface area contributed by atoms with E-state index in [9.17, 15) is 28.8 Å². The number of nitrogens with two attached hydrogens (primary N) is 6. The average Bonchev–Trinajstić information content (AvgIpc) is 3.92. The number of carbonyl (C=O) groups excluding carboxylic acids is 5. The van der Waals surface area contributed by atoms with Crippen LogP contribution in [0.5, 0.6) is 0 Å². The third-order valence-electron chi connectivity index (χ3n) is 8.74. The number of nitrogens with one attached hydrogen (secondary N) is 2. The van der Waals surface area contributed by atoms with Gasteiger partial charge in [-0.05, 0) is 91.8 Å². The molecule has 1 fully saturated rings. The highest BCUT2D eigenvalue weighted by Crippen LogP contribution is 2.37. The van der Waals surface area contributed by atoms with Crippen molar-refractivity contribution < 1.29 is 38.6 Å². The van der Waals surface area contributed by atoms with Crippen LogP contribution in [0.25, 0.3) is 27.0 Å². The van der Waals surface area contributed by atoms with E-state index in [1.54, 1.807) is 24.3 Å². The predicted octanol–water partition coefficient (Wildman–Crippen LogP) is 4.96. The summed E-state index contributed by atoms with van der Waals surface area (Å²) in [5, 5.41) is 14.2. The lowest BCUT2D eigenvalue weighted by atomic mass is 10.0. The van der Waals surface area contributed by atoms with Crippen molar-refractivity contribution in [1.82, 2.24) is 0 Å². The highest BCUT2D eigenvalue weighted by molar-refractivity contribution is 7.20. The molecule has 0 saturated heterocycles. The molecule has 6 amide bonds. The van der Waals surface area contributed by atoms with Crippen LogP contribution in [0.3, 0.4) is 0 Å². The first-order chi connectivity index (χ1) is 27.1.